The number of benzene rings is 1. The Balaban J connectivity index is 1.75. The maximum atomic E-state index is 12.4. The average Bonchev–Trinajstić information content (AvgIpc) is 3.08. The van der Waals surface area contributed by atoms with Crippen molar-refractivity contribution in [2.24, 2.45) is 23.7 Å². The highest BCUT2D eigenvalue weighted by Gasteiger charge is 2.51. The van der Waals surface area contributed by atoms with Crippen molar-refractivity contribution in [3.63, 3.8) is 0 Å². The zero-order valence-corrected chi connectivity index (χ0v) is 11.7. The number of nitrogens with one attached hydrogen (secondary N) is 1. The third kappa shape index (κ3) is 2.39. The molecule has 1 saturated carbocycles. The summed E-state index contributed by atoms with van der Waals surface area (Å²) in [6.45, 7) is 0. The van der Waals surface area contributed by atoms with Gasteiger partial charge in [-0.05, 0) is 42.5 Å². The van der Waals surface area contributed by atoms with E-state index in [1.807, 2.05) is 12.2 Å². The molecule has 0 spiro atoms. The van der Waals surface area contributed by atoms with E-state index in [4.69, 9.17) is 4.74 Å². The Hall–Kier alpha value is -2.30. The quantitative estimate of drug-likeness (QED) is 0.832. The largest absolute Gasteiger partial charge is 0.497 e. The topological polar surface area (TPSA) is 75.6 Å². The Kier molecular flexibility index (Phi) is 3.41. The van der Waals surface area contributed by atoms with Gasteiger partial charge < -0.3 is 15.2 Å². The van der Waals surface area contributed by atoms with Crippen LogP contribution in [0.5, 0.6) is 5.75 Å². The minimum absolute atomic E-state index is 0.0147. The Labute approximate surface area is 122 Å². The molecule has 5 nitrogen and oxygen atoms in total. The molecule has 1 aromatic carbocycles. The van der Waals surface area contributed by atoms with Crippen molar-refractivity contribution >= 4 is 17.6 Å². The molecule has 0 radical (unpaired) electrons. The number of hydrogen-bond acceptors (Lipinski definition) is 3. The van der Waals surface area contributed by atoms with Gasteiger partial charge in [0.05, 0.1) is 18.9 Å². The summed E-state index contributed by atoms with van der Waals surface area (Å²) < 4.78 is 5.06. The van der Waals surface area contributed by atoms with E-state index < -0.39 is 17.8 Å². The van der Waals surface area contributed by atoms with Gasteiger partial charge >= 0.3 is 5.97 Å². The fourth-order valence-electron chi connectivity index (χ4n) is 3.42. The number of fused-ring (bicyclic) bond motifs is 2. The molecular weight excluding hydrogens is 270 g/mol. The van der Waals surface area contributed by atoms with Crippen LogP contribution in [0.15, 0.2) is 36.4 Å². The van der Waals surface area contributed by atoms with Crippen molar-refractivity contribution in [2.75, 3.05) is 12.4 Å². The van der Waals surface area contributed by atoms with Crippen molar-refractivity contribution in [3.05, 3.63) is 36.4 Å². The zero-order chi connectivity index (χ0) is 15.0. The Morgan fingerprint density at radius 2 is 1.76 bits per heavy atom. The molecular formula is C16H17NO4. The lowest BCUT2D eigenvalue weighted by molar-refractivity contribution is -0.146. The number of carbonyl (C=O) groups is 2. The Morgan fingerprint density at radius 3 is 2.33 bits per heavy atom. The van der Waals surface area contributed by atoms with Crippen LogP contribution in [0.3, 0.4) is 0 Å². The smallest absolute Gasteiger partial charge is 0.307 e. The maximum Gasteiger partial charge on any atom is 0.307 e. The van der Waals surface area contributed by atoms with Gasteiger partial charge in [-0.2, -0.15) is 0 Å². The number of carboxylic acids is 1. The first-order chi connectivity index (χ1) is 10.1. The van der Waals surface area contributed by atoms with Crippen LogP contribution in [0, 0.1) is 23.7 Å². The van der Waals surface area contributed by atoms with E-state index in [9.17, 15) is 14.7 Å². The van der Waals surface area contributed by atoms with Crippen LogP contribution >= 0.6 is 0 Å². The highest BCUT2D eigenvalue weighted by atomic mass is 16.5. The number of carbonyl (C=O) groups excluding carboxylic acids is 1. The first kappa shape index (κ1) is 13.7. The number of allylic oxidation sites excluding steroid dienone is 2. The van der Waals surface area contributed by atoms with E-state index in [0.717, 1.165) is 6.42 Å². The monoisotopic (exact) mass is 287 g/mol. The van der Waals surface area contributed by atoms with Gasteiger partial charge in [0.25, 0.3) is 0 Å². The van der Waals surface area contributed by atoms with E-state index in [-0.39, 0.29) is 17.7 Å². The normalized spacial score (nSPS) is 29.4. The summed E-state index contributed by atoms with van der Waals surface area (Å²) in [5.41, 5.74) is 0.650. The summed E-state index contributed by atoms with van der Waals surface area (Å²) >= 11 is 0. The molecule has 0 aliphatic heterocycles. The van der Waals surface area contributed by atoms with Crippen LogP contribution in [0.25, 0.3) is 0 Å². The number of aliphatic carboxylic acids is 1. The van der Waals surface area contributed by atoms with Crippen molar-refractivity contribution in [1.82, 2.24) is 0 Å². The van der Waals surface area contributed by atoms with Crippen LogP contribution in [0.1, 0.15) is 6.42 Å². The molecule has 5 heteroatoms. The first-order valence-electron chi connectivity index (χ1n) is 6.96. The van der Waals surface area contributed by atoms with Gasteiger partial charge in [0, 0.05) is 5.69 Å². The van der Waals surface area contributed by atoms with E-state index >= 15 is 0 Å². The predicted molar refractivity (Wildman–Crippen MR) is 77.0 cm³/mol. The van der Waals surface area contributed by atoms with Crippen molar-refractivity contribution in [3.8, 4) is 5.75 Å². The van der Waals surface area contributed by atoms with E-state index in [2.05, 4.69) is 5.32 Å². The lowest BCUT2D eigenvalue weighted by Crippen LogP contribution is -2.36. The molecule has 0 aromatic heterocycles. The molecule has 110 valence electrons. The molecule has 21 heavy (non-hydrogen) atoms. The van der Waals surface area contributed by atoms with Crippen LogP contribution in [-0.4, -0.2) is 24.1 Å². The van der Waals surface area contributed by atoms with Crippen molar-refractivity contribution in [1.29, 1.82) is 0 Å². The van der Waals surface area contributed by atoms with E-state index in [1.165, 1.54) is 0 Å². The molecule has 0 unspecified atom stereocenters. The summed E-state index contributed by atoms with van der Waals surface area (Å²) in [6, 6.07) is 7.00. The average molecular weight is 287 g/mol. The fourth-order valence-corrected chi connectivity index (χ4v) is 3.42. The van der Waals surface area contributed by atoms with Crippen molar-refractivity contribution in [2.45, 2.75) is 6.42 Å². The Bertz CT molecular complexity index is 593. The van der Waals surface area contributed by atoms with E-state index in [0.29, 0.717) is 11.4 Å². The van der Waals surface area contributed by atoms with Crippen LogP contribution < -0.4 is 10.1 Å². The molecule has 0 heterocycles. The maximum absolute atomic E-state index is 12.4. The summed E-state index contributed by atoms with van der Waals surface area (Å²) in [6.07, 6.45) is 4.67. The fraction of sp³-hybridized carbons (Fsp3) is 0.375. The lowest BCUT2D eigenvalue weighted by Gasteiger charge is -2.23. The third-order valence-corrected chi connectivity index (χ3v) is 4.40. The first-order valence-corrected chi connectivity index (χ1v) is 6.96. The number of hydrogen-bond donors (Lipinski definition) is 2. The standard InChI is InChI=1S/C16H17NO4/c1-21-12-6-4-11(5-7-12)17-15(18)13-9-2-3-10(8-9)14(13)16(19)20/h2-7,9-10,13-14H,8H2,1H3,(H,17,18)(H,19,20)/t9-,10+,13+,14+/m0/s1. The number of ether oxygens (including phenoxy) is 1. The predicted octanol–water partition coefficient (Wildman–Crippen LogP) is 2.16. The summed E-state index contributed by atoms with van der Waals surface area (Å²) in [5, 5.41) is 12.2. The second kappa shape index (κ2) is 5.24. The van der Waals surface area contributed by atoms with Gasteiger partial charge in [0.2, 0.25) is 5.91 Å². The summed E-state index contributed by atoms with van der Waals surface area (Å²) in [5.74, 6) is -1.48. The number of rotatable bonds is 4. The number of methoxy groups -OCH3 is 1. The van der Waals surface area contributed by atoms with Crippen LogP contribution in [0.2, 0.25) is 0 Å². The molecule has 2 bridgehead atoms. The minimum atomic E-state index is -0.887. The molecule has 2 aliphatic rings. The molecule has 4 atom stereocenters. The van der Waals surface area contributed by atoms with Gasteiger partial charge in [-0.1, -0.05) is 12.2 Å². The van der Waals surface area contributed by atoms with E-state index in [1.54, 1.807) is 31.4 Å². The highest BCUT2D eigenvalue weighted by molar-refractivity contribution is 5.96. The van der Waals surface area contributed by atoms with Gasteiger partial charge in [-0.3, -0.25) is 9.59 Å². The number of carboxylic acid groups (broad SMARTS) is 1. The summed E-state index contributed by atoms with van der Waals surface area (Å²) in [7, 11) is 1.58. The minimum Gasteiger partial charge on any atom is -0.497 e. The van der Waals surface area contributed by atoms with Gasteiger partial charge in [-0.15, -0.1) is 0 Å². The molecule has 1 aromatic rings. The molecule has 2 aliphatic carbocycles. The SMILES string of the molecule is COc1ccc(NC(=O)[C@H]2[C@H](C(=O)O)[C@@H]3C=C[C@H]2C3)cc1. The number of amides is 1. The molecule has 1 fully saturated rings. The Morgan fingerprint density at radius 1 is 1.14 bits per heavy atom. The van der Waals surface area contributed by atoms with Gasteiger partial charge in [-0.25, -0.2) is 0 Å². The number of anilines is 1. The van der Waals surface area contributed by atoms with Gasteiger partial charge in [0.15, 0.2) is 0 Å². The van der Waals surface area contributed by atoms with Gasteiger partial charge in [0.1, 0.15) is 5.75 Å². The second-order valence-corrected chi connectivity index (χ2v) is 5.56. The third-order valence-electron chi connectivity index (χ3n) is 4.40. The zero-order valence-electron chi connectivity index (χ0n) is 11.7. The molecule has 3 rings (SSSR count). The second-order valence-electron chi connectivity index (χ2n) is 5.56. The molecule has 2 N–H and O–H groups in total. The van der Waals surface area contributed by atoms with Crippen LogP contribution in [-0.2, 0) is 9.59 Å². The van der Waals surface area contributed by atoms with Crippen molar-refractivity contribution < 1.29 is 19.4 Å². The van der Waals surface area contributed by atoms with Crippen LogP contribution in [0.4, 0.5) is 5.69 Å². The lowest BCUT2D eigenvalue weighted by atomic mass is 9.82. The summed E-state index contributed by atoms with van der Waals surface area (Å²) in [4.78, 5) is 23.8. The molecule has 0 saturated heterocycles. The highest BCUT2D eigenvalue weighted by Crippen LogP contribution is 2.48. The molecule has 1 amide bonds.